The van der Waals surface area contributed by atoms with Crippen LogP contribution in [0.5, 0.6) is 0 Å². The summed E-state index contributed by atoms with van der Waals surface area (Å²) in [5, 5.41) is 1.09. The molecule has 1 aromatic heterocycles. The van der Waals surface area contributed by atoms with Gasteiger partial charge in [0.05, 0.1) is 15.2 Å². The Hall–Kier alpha value is -0.740. The van der Waals surface area contributed by atoms with E-state index in [9.17, 15) is 0 Å². The average molecular weight is 252 g/mol. The molecule has 1 aromatic carbocycles. The Balaban J connectivity index is 2.49. The number of aromatic nitrogens is 1. The van der Waals surface area contributed by atoms with Crippen molar-refractivity contribution in [2.24, 2.45) is 0 Å². The van der Waals surface area contributed by atoms with Crippen LogP contribution in [0.4, 0.5) is 5.69 Å². The van der Waals surface area contributed by atoms with Gasteiger partial charge in [-0.1, -0.05) is 20.8 Å². The molecule has 16 heavy (non-hydrogen) atoms. The monoisotopic (exact) mass is 252 g/mol. The summed E-state index contributed by atoms with van der Waals surface area (Å²) < 4.78 is 1.35. The van der Waals surface area contributed by atoms with E-state index in [-0.39, 0.29) is 4.75 Å². The lowest BCUT2D eigenvalue weighted by atomic mass is 10.3. The van der Waals surface area contributed by atoms with Gasteiger partial charge in [0, 0.05) is 15.3 Å². The molecule has 1 heterocycles. The van der Waals surface area contributed by atoms with E-state index in [4.69, 9.17) is 5.73 Å². The Labute approximate surface area is 104 Å². The van der Waals surface area contributed by atoms with Gasteiger partial charge in [-0.2, -0.15) is 0 Å². The molecular weight excluding hydrogens is 236 g/mol. The number of anilines is 1. The predicted molar refractivity (Wildman–Crippen MR) is 74.4 cm³/mol. The number of benzene rings is 1. The summed E-state index contributed by atoms with van der Waals surface area (Å²) in [5.74, 6) is 0. The maximum absolute atomic E-state index is 6.06. The van der Waals surface area contributed by atoms with E-state index in [2.05, 4.69) is 31.8 Å². The highest BCUT2D eigenvalue weighted by atomic mass is 32.2. The summed E-state index contributed by atoms with van der Waals surface area (Å²) in [6, 6.07) is 4.14. The fourth-order valence-corrected chi connectivity index (χ4v) is 3.37. The summed E-state index contributed by atoms with van der Waals surface area (Å²) in [6.07, 6.45) is 0. The predicted octanol–water partition coefficient (Wildman–Crippen LogP) is 4.08. The highest BCUT2D eigenvalue weighted by Crippen LogP contribution is 2.38. The third-order valence-corrected chi connectivity index (χ3v) is 4.16. The van der Waals surface area contributed by atoms with Crippen molar-refractivity contribution in [1.29, 1.82) is 0 Å². The zero-order chi connectivity index (χ0) is 11.9. The molecule has 2 aromatic rings. The van der Waals surface area contributed by atoms with Crippen molar-refractivity contribution in [2.45, 2.75) is 37.3 Å². The number of fused-ring (bicyclic) bond motifs is 1. The van der Waals surface area contributed by atoms with E-state index in [0.29, 0.717) is 0 Å². The van der Waals surface area contributed by atoms with E-state index < -0.39 is 0 Å². The first-order valence-corrected chi connectivity index (χ1v) is 6.84. The van der Waals surface area contributed by atoms with Crippen molar-refractivity contribution in [3.8, 4) is 0 Å². The molecule has 0 radical (unpaired) electrons. The van der Waals surface area contributed by atoms with Crippen molar-refractivity contribution in [3.05, 3.63) is 17.1 Å². The molecule has 0 unspecified atom stereocenters. The molecule has 4 heteroatoms. The molecule has 0 saturated carbocycles. The molecular formula is C12H16N2S2. The lowest BCUT2D eigenvalue weighted by Crippen LogP contribution is -2.07. The number of thioether (sulfide) groups is 1. The summed E-state index contributed by atoms with van der Waals surface area (Å²) in [6.45, 7) is 8.59. The molecule has 0 amide bonds. The second-order valence-electron chi connectivity index (χ2n) is 4.81. The fraction of sp³-hybridized carbons (Fsp3) is 0.417. The van der Waals surface area contributed by atoms with Gasteiger partial charge in [0.15, 0.2) is 0 Å². The number of aryl methyl sites for hydroxylation is 1. The van der Waals surface area contributed by atoms with Crippen LogP contribution in [-0.4, -0.2) is 9.73 Å². The first kappa shape index (κ1) is 11.7. The smallest absolute Gasteiger partial charge is 0.0907 e. The van der Waals surface area contributed by atoms with Crippen LogP contribution in [0, 0.1) is 6.92 Å². The minimum atomic E-state index is 0.173. The van der Waals surface area contributed by atoms with Gasteiger partial charge in [-0.25, -0.2) is 4.98 Å². The molecule has 2 rings (SSSR count). The van der Waals surface area contributed by atoms with Crippen molar-refractivity contribution in [3.63, 3.8) is 0 Å². The Bertz CT molecular complexity index is 524. The van der Waals surface area contributed by atoms with Crippen LogP contribution in [0.1, 0.15) is 25.8 Å². The van der Waals surface area contributed by atoms with Crippen LogP contribution < -0.4 is 5.73 Å². The molecule has 0 bridgehead atoms. The van der Waals surface area contributed by atoms with E-state index in [1.165, 1.54) is 4.70 Å². The van der Waals surface area contributed by atoms with Crippen LogP contribution in [0.2, 0.25) is 0 Å². The maximum Gasteiger partial charge on any atom is 0.0907 e. The van der Waals surface area contributed by atoms with Crippen molar-refractivity contribution in [2.75, 3.05) is 5.73 Å². The van der Waals surface area contributed by atoms with Gasteiger partial charge in [0.25, 0.3) is 0 Å². The number of rotatable bonds is 1. The van der Waals surface area contributed by atoms with Crippen LogP contribution in [0.15, 0.2) is 17.0 Å². The summed E-state index contributed by atoms with van der Waals surface area (Å²) in [5.41, 5.74) is 7.98. The zero-order valence-corrected chi connectivity index (χ0v) is 11.6. The SMILES string of the molecule is Cc1nc2cc(SC(C)(C)C)c(N)cc2s1. The fourth-order valence-electron chi connectivity index (χ4n) is 1.50. The van der Waals surface area contributed by atoms with Gasteiger partial charge >= 0.3 is 0 Å². The third kappa shape index (κ3) is 2.50. The molecule has 0 aliphatic carbocycles. The minimum Gasteiger partial charge on any atom is -0.398 e. The van der Waals surface area contributed by atoms with Crippen molar-refractivity contribution < 1.29 is 0 Å². The number of thiazole rings is 1. The molecule has 0 atom stereocenters. The Morgan fingerprint density at radius 3 is 2.62 bits per heavy atom. The molecule has 0 aliphatic heterocycles. The topological polar surface area (TPSA) is 38.9 Å². The van der Waals surface area contributed by atoms with E-state index in [1.807, 2.05) is 13.0 Å². The average Bonchev–Trinajstić information content (AvgIpc) is 2.42. The van der Waals surface area contributed by atoms with E-state index in [0.717, 1.165) is 21.1 Å². The molecule has 0 aliphatic rings. The third-order valence-electron chi connectivity index (χ3n) is 2.04. The molecule has 2 N–H and O–H groups in total. The van der Waals surface area contributed by atoms with Crippen LogP contribution in [0.25, 0.3) is 10.2 Å². The second kappa shape index (κ2) is 3.93. The number of hydrogen-bond acceptors (Lipinski definition) is 4. The highest BCUT2D eigenvalue weighted by molar-refractivity contribution is 8.00. The normalized spacial score (nSPS) is 12.2. The molecule has 0 saturated heterocycles. The van der Waals surface area contributed by atoms with Crippen molar-refractivity contribution >= 4 is 39.0 Å². The number of hydrogen-bond donors (Lipinski definition) is 1. The first-order chi connectivity index (χ1) is 7.35. The molecule has 0 fully saturated rings. The summed E-state index contributed by atoms with van der Waals surface area (Å²) >= 11 is 3.48. The Morgan fingerprint density at radius 2 is 2.00 bits per heavy atom. The zero-order valence-electron chi connectivity index (χ0n) is 10.00. The van der Waals surface area contributed by atoms with Gasteiger partial charge in [-0.15, -0.1) is 23.1 Å². The standard InChI is InChI=1S/C12H16N2S2/c1-7-14-9-6-10(16-12(2,3)4)8(13)5-11(9)15-7/h5-6H,13H2,1-4H3. The second-order valence-corrected chi connectivity index (χ2v) is 7.91. The Kier molecular flexibility index (Phi) is 2.88. The summed E-state index contributed by atoms with van der Waals surface area (Å²) in [7, 11) is 0. The van der Waals surface area contributed by atoms with Gasteiger partial charge in [0.2, 0.25) is 0 Å². The molecule has 86 valence electrons. The quantitative estimate of drug-likeness (QED) is 0.614. The number of nitrogens with two attached hydrogens (primary N) is 1. The number of nitrogens with zero attached hydrogens (tertiary/aromatic N) is 1. The van der Waals surface area contributed by atoms with Crippen molar-refractivity contribution in [1.82, 2.24) is 4.98 Å². The lowest BCUT2D eigenvalue weighted by Gasteiger charge is -2.18. The van der Waals surface area contributed by atoms with Crippen LogP contribution >= 0.6 is 23.1 Å². The molecule has 0 spiro atoms. The van der Waals surface area contributed by atoms with Gasteiger partial charge < -0.3 is 5.73 Å². The van der Waals surface area contributed by atoms with Gasteiger partial charge in [-0.3, -0.25) is 0 Å². The lowest BCUT2D eigenvalue weighted by molar-refractivity contribution is 0.803. The summed E-state index contributed by atoms with van der Waals surface area (Å²) in [4.78, 5) is 5.62. The highest BCUT2D eigenvalue weighted by Gasteiger charge is 2.15. The maximum atomic E-state index is 6.06. The van der Waals surface area contributed by atoms with Crippen LogP contribution in [0.3, 0.4) is 0 Å². The largest absolute Gasteiger partial charge is 0.398 e. The Morgan fingerprint density at radius 1 is 1.31 bits per heavy atom. The first-order valence-electron chi connectivity index (χ1n) is 5.21. The van der Waals surface area contributed by atoms with Gasteiger partial charge in [0.1, 0.15) is 0 Å². The number of nitrogen functional groups attached to an aromatic ring is 1. The van der Waals surface area contributed by atoms with Gasteiger partial charge in [-0.05, 0) is 19.1 Å². The molecule has 2 nitrogen and oxygen atoms in total. The van der Waals surface area contributed by atoms with E-state index >= 15 is 0 Å². The van der Waals surface area contributed by atoms with E-state index in [1.54, 1.807) is 23.1 Å². The minimum absolute atomic E-state index is 0.173. The van der Waals surface area contributed by atoms with Crippen LogP contribution in [-0.2, 0) is 0 Å².